The summed E-state index contributed by atoms with van der Waals surface area (Å²) >= 11 is 1.43. The number of hydrogen-bond acceptors (Lipinski definition) is 5. The van der Waals surface area contributed by atoms with Gasteiger partial charge in [0, 0.05) is 50.9 Å². The van der Waals surface area contributed by atoms with Crippen molar-refractivity contribution in [2.24, 2.45) is 0 Å². The lowest BCUT2D eigenvalue weighted by Crippen LogP contribution is -2.29. The Bertz CT molecular complexity index is 963. The van der Waals surface area contributed by atoms with E-state index in [9.17, 15) is 9.59 Å². The first-order valence-corrected chi connectivity index (χ1v) is 9.25. The third-order valence-electron chi connectivity index (χ3n) is 4.72. The van der Waals surface area contributed by atoms with Gasteiger partial charge in [0.05, 0.1) is 4.88 Å². The van der Waals surface area contributed by atoms with Crippen LogP contribution in [0.15, 0.2) is 30.6 Å². The van der Waals surface area contributed by atoms with E-state index in [1.165, 1.54) is 11.3 Å². The normalized spacial score (nSPS) is 17.0. The number of rotatable bonds is 3. The quantitative estimate of drug-likeness (QED) is 0.768. The minimum atomic E-state index is -0.0526. The summed E-state index contributed by atoms with van der Waals surface area (Å²) in [5, 5.41) is 7.60. The Kier molecular flexibility index (Phi) is 4.20. The third kappa shape index (κ3) is 2.76. The predicted molar refractivity (Wildman–Crippen MR) is 99.5 cm³/mol. The minimum absolute atomic E-state index is 0.0126. The first-order chi connectivity index (χ1) is 12.6. The van der Waals surface area contributed by atoms with Crippen LogP contribution in [0.2, 0.25) is 0 Å². The second-order valence-electron chi connectivity index (χ2n) is 6.61. The van der Waals surface area contributed by atoms with Crippen LogP contribution in [0.4, 0.5) is 0 Å². The van der Waals surface area contributed by atoms with Crippen molar-refractivity contribution in [3.63, 3.8) is 0 Å². The second-order valence-corrected chi connectivity index (χ2v) is 7.61. The van der Waals surface area contributed by atoms with Gasteiger partial charge in [-0.3, -0.25) is 14.7 Å². The van der Waals surface area contributed by atoms with Crippen LogP contribution in [-0.2, 0) is 0 Å². The highest BCUT2D eigenvalue weighted by molar-refractivity contribution is 7.20. The molecule has 1 saturated heterocycles. The number of hydrogen-bond donors (Lipinski definition) is 1. The van der Waals surface area contributed by atoms with Gasteiger partial charge in [0.15, 0.2) is 0 Å². The summed E-state index contributed by atoms with van der Waals surface area (Å²) in [5.41, 5.74) is 1.52. The number of thiophene rings is 1. The molecule has 1 aliphatic rings. The number of fused-ring (bicyclic) bond motifs is 1. The van der Waals surface area contributed by atoms with E-state index in [4.69, 9.17) is 0 Å². The molecule has 4 rings (SSSR count). The smallest absolute Gasteiger partial charge is 0.271 e. The Morgan fingerprint density at radius 1 is 1.31 bits per heavy atom. The topological polar surface area (TPSA) is 82.2 Å². The van der Waals surface area contributed by atoms with Crippen LogP contribution in [0, 0.1) is 0 Å². The fourth-order valence-electron chi connectivity index (χ4n) is 3.44. The molecule has 3 aromatic heterocycles. The fraction of sp³-hybridized carbons (Fsp3) is 0.333. The van der Waals surface area contributed by atoms with Crippen LogP contribution in [-0.4, -0.2) is 64.0 Å². The molecule has 0 radical (unpaired) electrons. The number of amides is 2. The van der Waals surface area contributed by atoms with Crippen molar-refractivity contribution in [2.75, 3.05) is 27.2 Å². The van der Waals surface area contributed by atoms with Gasteiger partial charge in [0.25, 0.3) is 11.8 Å². The third-order valence-corrected chi connectivity index (χ3v) is 5.84. The number of aromatic nitrogens is 3. The van der Waals surface area contributed by atoms with E-state index < -0.39 is 0 Å². The molecule has 8 heteroatoms. The van der Waals surface area contributed by atoms with Gasteiger partial charge >= 0.3 is 0 Å². The highest BCUT2D eigenvalue weighted by Crippen LogP contribution is 2.39. The summed E-state index contributed by atoms with van der Waals surface area (Å²) in [6.45, 7) is 1.25. The van der Waals surface area contributed by atoms with E-state index in [2.05, 4.69) is 15.2 Å². The zero-order chi connectivity index (χ0) is 18.3. The van der Waals surface area contributed by atoms with Crippen molar-refractivity contribution < 1.29 is 9.59 Å². The van der Waals surface area contributed by atoms with Gasteiger partial charge in [-0.2, -0.15) is 5.10 Å². The molecule has 3 aromatic rings. The molecule has 2 amide bonds. The van der Waals surface area contributed by atoms with Crippen molar-refractivity contribution in [3.8, 4) is 0 Å². The molecule has 0 unspecified atom stereocenters. The summed E-state index contributed by atoms with van der Waals surface area (Å²) in [7, 11) is 3.51. The molecule has 0 aromatic carbocycles. The van der Waals surface area contributed by atoms with Crippen molar-refractivity contribution >= 4 is 33.4 Å². The summed E-state index contributed by atoms with van der Waals surface area (Å²) < 4.78 is 0. The Labute approximate surface area is 154 Å². The van der Waals surface area contributed by atoms with Gasteiger partial charge in [-0.05, 0) is 24.1 Å². The Balaban J connectivity index is 1.69. The van der Waals surface area contributed by atoms with E-state index >= 15 is 0 Å². The van der Waals surface area contributed by atoms with Crippen LogP contribution in [0.25, 0.3) is 10.2 Å². The molecule has 0 spiro atoms. The standard InChI is InChI=1S/C18H19N5O2S/c1-22(2)18(25)15-14(12-4-3-7-19-16(12)26-15)11-6-9-23(10-11)17(24)13-5-8-20-21-13/h3-5,7-8,11H,6,9-10H2,1-2H3,(H,20,21)/t11-/m1/s1. The second kappa shape index (κ2) is 6.53. The molecule has 0 aliphatic carbocycles. The number of pyridine rings is 1. The lowest BCUT2D eigenvalue weighted by Gasteiger charge is -2.17. The molecule has 1 atom stereocenters. The van der Waals surface area contributed by atoms with E-state index in [1.807, 2.05) is 17.0 Å². The van der Waals surface area contributed by atoms with E-state index in [-0.39, 0.29) is 17.7 Å². The first-order valence-electron chi connectivity index (χ1n) is 8.44. The lowest BCUT2D eigenvalue weighted by molar-refractivity contribution is 0.0785. The zero-order valence-corrected chi connectivity index (χ0v) is 15.4. The number of likely N-dealkylation sites (tertiary alicyclic amines) is 1. The SMILES string of the molecule is CN(C)C(=O)c1sc2ncccc2c1[C@@H]1CCN(C(=O)c2ccn[nH]2)C1. The molecule has 7 nitrogen and oxygen atoms in total. The van der Waals surface area contributed by atoms with Crippen molar-refractivity contribution in [1.82, 2.24) is 25.0 Å². The van der Waals surface area contributed by atoms with Gasteiger partial charge in [0.2, 0.25) is 0 Å². The number of nitrogens with one attached hydrogen (secondary N) is 1. The van der Waals surface area contributed by atoms with Crippen LogP contribution >= 0.6 is 11.3 Å². The largest absolute Gasteiger partial charge is 0.344 e. The fourth-order valence-corrected chi connectivity index (χ4v) is 4.70. The van der Waals surface area contributed by atoms with E-state index in [0.717, 1.165) is 27.1 Å². The maximum absolute atomic E-state index is 12.7. The Hall–Kier alpha value is -2.74. The number of H-pyrrole nitrogens is 1. The van der Waals surface area contributed by atoms with Gasteiger partial charge in [-0.15, -0.1) is 11.3 Å². The van der Waals surface area contributed by atoms with Gasteiger partial charge in [0.1, 0.15) is 10.5 Å². The number of nitrogens with zero attached hydrogens (tertiary/aromatic N) is 4. The molecular weight excluding hydrogens is 350 g/mol. The highest BCUT2D eigenvalue weighted by Gasteiger charge is 2.33. The maximum Gasteiger partial charge on any atom is 0.271 e. The molecular formula is C18H19N5O2S. The van der Waals surface area contributed by atoms with E-state index in [0.29, 0.717) is 18.8 Å². The van der Waals surface area contributed by atoms with Crippen LogP contribution in [0.3, 0.4) is 0 Å². The van der Waals surface area contributed by atoms with Crippen LogP contribution < -0.4 is 0 Å². The van der Waals surface area contributed by atoms with Crippen LogP contribution in [0.1, 0.15) is 38.1 Å². The lowest BCUT2D eigenvalue weighted by atomic mass is 9.95. The van der Waals surface area contributed by atoms with Gasteiger partial charge in [-0.25, -0.2) is 4.98 Å². The summed E-state index contributed by atoms with van der Waals surface area (Å²) in [6.07, 6.45) is 4.15. The predicted octanol–water partition coefficient (Wildman–Crippen LogP) is 2.35. The molecule has 1 aliphatic heterocycles. The molecule has 1 fully saturated rings. The zero-order valence-electron chi connectivity index (χ0n) is 14.6. The van der Waals surface area contributed by atoms with Crippen LogP contribution in [0.5, 0.6) is 0 Å². The molecule has 4 heterocycles. The average molecular weight is 369 g/mol. The Morgan fingerprint density at radius 3 is 2.88 bits per heavy atom. The number of carbonyl (C=O) groups excluding carboxylic acids is 2. The number of aromatic amines is 1. The summed E-state index contributed by atoms with van der Waals surface area (Å²) in [5.74, 6) is 0.0585. The monoisotopic (exact) mass is 369 g/mol. The first kappa shape index (κ1) is 16.7. The molecule has 0 saturated carbocycles. The summed E-state index contributed by atoms with van der Waals surface area (Å²) in [6, 6.07) is 5.59. The maximum atomic E-state index is 12.7. The molecule has 26 heavy (non-hydrogen) atoms. The van der Waals surface area contributed by atoms with Crippen molar-refractivity contribution in [2.45, 2.75) is 12.3 Å². The van der Waals surface area contributed by atoms with Gasteiger partial charge in [-0.1, -0.05) is 6.07 Å². The van der Waals surface area contributed by atoms with Crippen molar-refractivity contribution in [3.05, 3.63) is 46.7 Å². The molecule has 0 bridgehead atoms. The minimum Gasteiger partial charge on any atom is -0.344 e. The Morgan fingerprint density at radius 2 is 2.15 bits per heavy atom. The average Bonchev–Trinajstić information content (AvgIpc) is 3.38. The van der Waals surface area contributed by atoms with E-state index in [1.54, 1.807) is 37.5 Å². The van der Waals surface area contributed by atoms with Crippen molar-refractivity contribution in [1.29, 1.82) is 0 Å². The number of carbonyl (C=O) groups is 2. The molecule has 134 valence electrons. The van der Waals surface area contributed by atoms with Gasteiger partial charge < -0.3 is 9.80 Å². The molecule has 1 N–H and O–H groups in total. The highest BCUT2D eigenvalue weighted by atomic mass is 32.1. The summed E-state index contributed by atoms with van der Waals surface area (Å²) in [4.78, 5) is 34.7.